The minimum atomic E-state index is -0.736. The van der Waals surface area contributed by atoms with Gasteiger partial charge < -0.3 is 23.7 Å². The molecule has 0 saturated carbocycles. The molecule has 0 unspecified atom stereocenters. The zero-order chi connectivity index (χ0) is 23.1. The van der Waals surface area contributed by atoms with E-state index in [9.17, 15) is 9.59 Å². The van der Waals surface area contributed by atoms with Crippen molar-refractivity contribution in [2.45, 2.75) is 0 Å². The summed E-state index contributed by atoms with van der Waals surface area (Å²) in [5.41, 5.74) is 1.56. The second-order valence-electron chi connectivity index (χ2n) is 6.27. The van der Waals surface area contributed by atoms with Crippen molar-refractivity contribution in [3.63, 3.8) is 0 Å². The van der Waals surface area contributed by atoms with Crippen LogP contribution >= 0.6 is 11.3 Å². The van der Waals surface area contributed by atoms with Crippen LogP contribution in [0.2, 0.25) is 0 Å². The number of esters is 1. The second-order valence-corrected chi connectivity index (χ2v) is 7.13. The summed E-state index contributed by atoms with van der Waals surface area (Å²) in [4.78, 5) is 29.1. The number of hydrogen-bond acceptors (Lipinski definition) is 9. The lowest BCUT2D eigenvalue weighted by molar-refractivity contribution is -0.119. The number of aromatic nitrogens is 1. The highest BCUT2D eigenvalue weighted by Gasteiger charge is 2.21. The molecule has 32 heavy (non-hydrogen) atoms. The number of hydrogen-bond donors (Lipinski definition) is 1. The summed E-state index contributed by atoms with van der Waals surface area (Å²) in [7, 11) is 5.97. The van der Waals surface area contributed by atoms with Crippen LogP contribution in [-0.4, -0.2) is 51.9 Å². The molecule has 0 aliphatic rings. The maximum atomic E-state index is 12.5. The number of carbonyl (C=O) groups is 2. The van der Waals surface area contributed by atoms with E-state index in [0.717, 1.165) is 5.56 Å². The fourth-order valence-corrected chi connectivity index (χ4v) is 3.61. The molecule has 0 fully saturated rings. The van der Waals surface area contributed by atoms with E-state index < -0.39 is 18.5 Å². The third-order valence-corrected chi connectivity index (χ3v) is 5.15. The van der Waals surface area contributed by atoms with Crippen LogP contribution in [0.5, 0.6) is 23.0 Å². The average molecular weight is 458 g/mol. The SMILES string of the molecule is COc1ccc(-c2csc(NC(=O)COC(=O)c3c(OC)cccc3OC)n2)cc1OC. The Labute approximate surface area is 188 Å². The van der Waals surface area contributed by atoms with Crippen molar-refractivity contribution in [3.05, 3.63) is 47.3 Å². The summed E-state index contributed by atoms with van der Waals surface area (Å²) in [5, 5.41) is 4.78. The summed E-state index contributed by atoms with van der Waals surface area (Å²) >= 11 is 1.24. The Bertz CT molecular complexity index is 1090. The van der Waals surface area contributed by atoms with Gasteiger partial charge >= 0.3 is 5.97 Å². The molecule has 168 valence electrons. The molecule has 1 N–H and O–H groups in total. The van der Waals surface area contributed by atoms with E-state index in [1.54, 1.807) is 49.9 Å². The molecule has 0 spiro atoms. The van der Waals surface area contributed by atoms with E-state index in [0.29, 0.717) is 22.3 Å². The summed E-state index contributed by atoms with van der Waals surface area (Å²) in [6.45, 7) is -0.495. The minimum absolute atomic E-state index is 0.107. The van der Waals surface area contributed by atoms with E-state index in [4.69, 9.17) is 23.7 Å². The highest BCUT2D eigenvalue weighted by molar-refractivity contribution is 7.14. The van der Waals surface area contributed by atoms with Gasteiger partial charge in [-0.1, -0.05) is 6.07 Å². The monoisotopic (exact) mass is 458 g/mol. The number of ether oxygens (including phenoxy) is 5. The Hall–Kier alpha value is -3.79. The van der Waals surface area contributed by atoms with Crippen molar-refractivity contribution < 1.29 is 33.3 Å². The first-order chi connectivity index (χ1) is 15.5. The van der Waals surface area contributed by atoms with Gasteiger partial charge in [-0.25, -0.2) is 9.78 Å². The molecule has 3 aromatic rings. The number of carbonyl (C=O) groups excluding carboxylic acids is 2. The van der Waals surface area contributed by atoms with Gasteiger partial charge in [0.05, 0.1) is 34.1 Å². The largest absolute Gasteiger partial charge is 0.496 e. The van der Waals surface area contributed by atoms with Crippen molar-refractivity contribution in [2.75, 3.05) is 40.4 Å². The van der Waals surface area contributed by atoms with Gasteiger partial charge in [0, 0.05) is 10.9 Å². The van der Waals surface area contributed by atoms with Gasteiger partial charge in [-0.2, -0.15) is 0 Å². The molecule has 3 rings (SSSR count). The van der Waals surface area contributed by atoms with Gasteiger partial charge in [0.2, 0.25) is 0 Å². The first-order valence-electron chi connectivity index (χ1n) is 9.36. The number of amides is 1. The average Bonchev–Trinajstić information content (AvgIpc) is 3.29. The van der Waals surface area contributed by atoms with Crippen LogP contribution in [0.15, 0.2) is 41.8 Å². The first kappa shape index (κ1) is 22.9. The maximum absolute atomic E-state index is 12.5. The lowest BCUT2D eigenvalue weighted by atomic mass is 10.1. The summed E-state index contributed by atoms with van der Waals surface area (Å²) in [6, 6.07) is 10.3. The molecule has 0 bridgehead atoms. The zero-order valence-electron chi connectivity index (χ0n) is 18.0. The molecule has 2 aromatic carbocycles. The first-order valence-corrected chi connectivity index (χ1v) is 10.2. The molecule has 9 nitrogen and oxygen atoms in total. The molecular weight excluding hydrogens is 436 g/mol. The van der Waals surface area contributed by atoms with Crippen molar-refractivity contribution in [1.82, 2.24) is 4.98 Å². The topological polar surface area (TPSA) is 105 Å². The predicted molar refractivity (Wildman–Crippen MR) is 119 cm³/mol. The highest BCUT2D eigenvalue weighted by Crippen LogP contribution is 2.33. The Morgan fingerprint density at radius 1 is 0.906 bits per heavy atom. The number of methoxy groups -OCH3 is 4. The number of rotatable bonds is 9. The predicted octanol–water partition coefficient (Wildman–Crippen LogP) is 3.64. The molecule has 0 aliphatic heterocycles. The van der Waals surface area contributed by atoms with Crippen LogP contribution in [-0.2, 0) is 9.53 Å². The lowest BCUT2D eigenvalue weighted by Crippen LogP contribution is -2.21. The fourth-order valence-electron chi connectivity index (χ4n) is 2.87. The molecule has 0 radical (unpaired) electrons. The van der Waals surface area contributed by atoms with Gasteiger partial charge in [0.25, 0.3) is 5.91 Å². The minimum Gasteiger partial charge on any atom is -0.496 e. The summed E-state index contributed by atoms with van der Waals surface area (Å²) < 4.78 is 26.0. The quantitative estimate of drug-likeness (QED) is 0.485. The molecular formula is C22H22N2O7S. The Morgan fingerprint density at radius 2 is 1.56 bits per heavy atom. The molecule has 0 atom stereocenters. The molecule has 1 aromatic heterocycles. The van der Waals surface area contributed by atoms with Gasteiger partial charge in [-0.15, -0.1) is 11.3 Å². The third kappa shape index (κ3) is 5.09. The van der Waals surface area contributed by atoms with Crippen molar-refractivity contribution in [3.8, 4) is 34.3 Å². The van der Waals surface area contributed by atoms with Crippen molar-refractivity contribution >= 4 is 28.3 Å². The number of nitrogens with one attached hydrogen (secondary N) is 1. The standard InChI is InChI=1S/C22H22N2O7S/c1-27-15-9-8-13(10-18(15)30-4)14-12-32-22(23-14)24-19(25)11-31-21(26)20-16(28-2)6-5-7-17(20)29-3/h5-10,12H,11H2,1-4H3,(H,23,24,25). The van der Waals surface area contributed by atoms with Gasteiger partial charge in [0.1, 0.15) is 17.1 Å². The second kappa shape index (κ2) is 10.5. The zero-order valence-corrected chi connectivity index (χ0v) is 18.8. The molecule has 1 amide bonds. The number of anilines is 1. The molecule has 0 aliphatic carbocycles. The lowest BCUT2D eigenvalue weighted by Gasteiger charge is -2.12. The Balaban J connectivity index is 1.64. The third-order valence-electron chi connectivity index (χ3n) is 4.40. The van der Waals surface area contributed by atoms with Crippen LogP contribution in [0.25, 0.3) is 11.3 Å². The van der Waals surface area contributed by atoms with Gasteiger partial charge in [-0.3, -0.25) is 10.1 Å². The Kier molecular flexibility index (Phi) is 7.50. The van der Waals surface area contributed by atoms with Crippen molar-refractivity contribution in [2.24, 2.45) is 0 Å². The molecule has 10 heteroatoms. The normalized spacial score (nSPS) is 10.2. The highest BCUT2D eigenvalue weighted by atomic mass is 32.1. The molecule has 0 saturated heterocycles. The van der Waals surface area contributed by atoms with Crippen molar-refractivity contribution in [1.29, 1.82) is 0 Å². The maximum Gasteiger partial charge on any atom is 0.346 e. The van der Waals surface area contributed by atoms with E-state index in [2.05, 4.69) is 10.3 Å². The van der Waals surface area contributed by atoms with Gasteiger partial charge in [0.15, 0.2) is 23.2 Å². The van der Waals surface area contributed by atoms with E-state index >= 15 is 0 Å². The van der Waals surface area contributed by atoms with Gasteiger partial charge in [-0.05, 0) is 30.3 Å². The Morgan fingerprint density at radius 3 is 2.19 bits per heavy atom. The fraction of sp³-hybridized carbons (Fsp3) is 0.227. The van der Waals surface area contributed by atoms with E-state index in [1.807, 2.05) is 6.07 Å². The van der Waals surface area contributed by atoms with Crippen LogP contribution in [0.3, 0.4) is 0 Å². The van der Waals surface area contributed by atoms with Crippen LogP contribution in [0, 0.1) is 0 Å². The summed E-state index contributed by atoms with van der Waals surface area (Å²) in [5.74, 6) is 0.485. The van der Waals surface area contributed by atoms with Crippen LogP contribution in [0.4, 0.5) is 5.13 Å². The van der Waals surface area contributed by atoms with Crippen LogP contribution in [0.1, 0.15) is 10.4 Å². The smallest absolute Gasteiger partial charge is 0.346 e. The van der Waals surface area contributed by atoms with E-state index in [-0.39, 0.29) is 17.1 Å². The van der Waals surface area contributed by atoms with E-state index in [1.165, 1.54) is 25.6 Å². The van der Waals surface area contributed by atoms with Crippen LogP contribution < -0.4 is 24.3 Å². The number of benzene rings is 2. The molecule has 1 heterocycles. The summed E-state index contributed by atoms with van der Waals surface area (Å²) in [6.07, 6.45) is 0. The number of thiazole rings is 1. The number of nitrogens with zero attached hydrogens (tertiary/aromatic N) is 1.